The molecular weight excluding hydrogens is 174 g/mol. The van der Waals surface area contributed by atoms with Gasteiger partial charge in [-0.25, -0.2) is 0 Å². The molecule has 0 amide bonds. The first-order valence-electron chi connectivity index (χ1n) is 3.39. The zero-order chi connectivity index (χ0) is 8.55. The molecule has 1 aromatic carbocycles. The number of hydrogen-bond acceptors (Lipinski definition) is 3. The Morgan fingerprint density at radius 3 is 2.75 bits per heavy atom. The number of rotatable bonds is 0. The van der Waals surface area contributed by atoms with Gasteiger partial charge in [0.25, 0.3) is 5.56 Å². The molecule has 2 rings (SSSR count). The molecular formula is C8H5NO2S. The lowest BCUT2D eigenvalue weighted by molar-refractivity contribution is 1.25. The van der Waals surface area contributed by atoms with Crippen molar-refractivity contribution in [3.05, 3.63) is 44.3 Å². The normalized spacial score (nSPS) is 10.3. The Bertz CT molecular complexity index is 526. The zero-order valence-electron chi connectivity index (χ0n) is 6.03. The summed E-state index contributed by atoms with van der Waals surface area (Å²) in [6.45, 7) is 0. The van der Waals surface area contributed by atoms with Crippen LogP contribution in [0.3, 0.4) is 0 Å². The summed E-state index contributed by atoms with van der Waals surface area (Å²) >= 11 is 1.04. The summed E-state index contributed by atoms with van der Waals surface area (Å²) in [6.07, 6.45) is 0. The van der Waals surface area contributed by atoms with Gasteiger partial charge in [-0.1, -0.05) is 23.5 Å². The first-order valence-corrected chi connectivity index (χ1v) is 4.21. The highest BCUT2D eigenvalue weighted by molar-refractivity contribution is 7.15. The van der Waals surface area contributed by atoms with Crippen LogP contribution >= 0.6 is 11.3 Å². The summed E-state index contributed by atoms with van der Waals surface area (Å²) in [4.78, 5) is 23.9. The Kier molecular flexibility index (Phi) is 1.55. The average molecular weight is 179 g/mol. The number of fused-ring (bicyclic) bond motifs is 1. The second-order valence-electron chi connectivity index (χ2n) is 2.34. The fraction of sp³-hybridized carbons (Fsp3) is 0. The second-order valence-corrected chi connectivity index (χ2v) is 3.35. The van der Waals surface area contributed by atoms with E-state index in [1.165, 1.54) is 0 Å². The third-order valence-electron chi connectivity index (χ3n) is 1.55. The molecule has 3 nitrogen and oxygen atoms in total. The summed E-state index contributed by atoms with van der Waals surface area (Å²) in [5, 5.41) is 0.571. The van der Waals surface area contributed by atoms with Crippen LogP contribution in [0.25, 0.3) is 10.1 Å². The van der Waals surface area contributed by atoms with Gasteiger partial charge in [-0.15, -0.1) is 0 Å². The number of nitrogens with one attached hydrogen (secondary N) is 1. The molecule has 0 unspecified atom stereocenters. The number of aromatic nitrogens is 1. The van der Waals surface area contributed by atoms with Crippen LogP contribution in [0.15, 0.2) is 33.9 Å². The molecule has 0 aliphatic carbocycles. The molecule has 2 aromatic rings. The first-order chi connectivity index (χ1) is 5.77. The fourth-order valence-corrected chi connectivity index (χ4v) is 1.79. The van der Waals surface area contributed by atoms with Crippen LogP contribution in [0.1, 0.15) is 0 Å². The number of aromatic amines is 1. The molecule has 0 fully saturated rings. The van der Waals surface area contributed by atoms with Crippen molar-refractivity contribution in [1.82, 2.24) is 4.98 Å². The zero-order valence-corrected chi connectivity index (χ0v) is 6.85. The van der Waals surface area contributed by atoms with E-state index < -0.39 is 0 Å². The minimum Gasteiger partial charge on any atom is -0.280 e. The van der Waals surface area contributed by atoms with E-state index in [1.54, 1.807) is 24.3 Å². The highest BCUT2D eigenvalue weighted by Crippen LogP contribution is 2.09. The first kappa shape index (κ1) is 7.24. The molecule has 1 aromatic heterocycles. The van der Waals surface area contributed by atoms with Crippen LogP contribution in [-0.2, 0) is 0 Å². The van der Waals surface area contributed by atoms with Crippen molar-refractivity contribution in [3.8, 4) is 0 Å². The monoisotopic (exact) mass is 179 g/mol. The maximum atomic E-state index is 11.2. The summed E-state index contributed by atoms with van der Waals surface area (Å²) < 4.78 is 0.728. The van der Waals surface area contributed by atoms with Crippen molar-refractivity contribution in [1.29, 1.82) is 0 Å². The molecule has 1 N–H and O–H groups in total. The van der Waals surface area contributed by atoms with E-state index in [1.807, 2.05) is 0 Å². The summed E-state index contributed by atoms with van der Waals surface area (Å²) in [7, 11) is 0. The Balaban J connectivity index is 3.09. The van der Waals surface area contributed by atoms with Crippen molar-refractivity contribution in [3.63, 3.8) is 0 Å². The minimum absolute atomic E-state index is 0.307. The van der Waals surface area contributed by atoms with Crippen molar-refractivity contribution >= 4 is 21.4 Å². The molecule has 60 valence electrons. The van der Waals surface area contributed by atoms with E-state index >= 15 is 0 Å². The molecule has 1 heterocycles. The lowest BCUT2D eigenvalue weighted by Crippen LogP contribution is -2.15. The predicted octanol–water partition coefficient (Wildman–Crippen LogP) is 0.950. The highest BCUT2D eigenvalue weighted by atomic mass is 32.1. The van der Waals surface area contributed by atoms with Crippen molar-refractivity contribution in [2.24, 2.45) is 0 Å². The third kappa shape index (κ3) is 1.06. The lowest BCUT2D eigenvalue weighted by Gasteiger charge is -1.90. The molecule has 0 saturated heterocycles. The summed E-state index contributed by atoms with van der Waals surface area (Å²) in [6, 6.07) is 7.03. The van der Waals surface area contributed by atoms with Gasteiger partial charge in [-0.3, -0.25) is 14.6 Å². The van der Waals surface area contributed by atoms with Gasteiger partial charge in [0.15, 0.2) is 0 Å². The Hall–Kier alpha value is -1.42. The number of benzene rings is 1. The van der Waals surface area contributed by atoms with Crippen molar-refractivity contribution in [2.75, 3.05) is 0 Å². The van der Waals surface area contributed by atoms with Gasteiger partial charge < -0.3 is 0 Å². The molecule has 0 aliphatic rings. The standard InChI is InChI=1S/C8H5NO2S/c10-7-5-3-1-2-4-6(5)12-8(11)9-7/h1-4H,(H,9,10,11). The van der Waals surface area contributed by atoms with Crippen molar-refractivity contribution < 1.29 is 0 Å². The van der Waals surface area contributed by atoms with Crippen LogP contribution in [0.2, 0.25) is 0 Å². The van der Waals surface area contributed by atoms with Crippen LogP contribution in [0.5, 0.6) is 0 Å². The lowest BCUT2D eigenvalue weighted by atomic mass is 10.3. The molecule has 0 spiro atoms. The molecule has 4 heteroatoms. The molecule has 0 aliphatic heterocycles. The Labute approximate surface area is 71.3 Å². The van der Waals surface area contributed by atoms with Gasteiger partial charge in [0.05, 0.1) is 5.39 Å². The number of H-pyrrole nitrogens is 1. The molecule has 0 radical (unpaired) electrons. The van der Waals surface area contributed by atoms with Gasteiger partial charge in [-0.05, 0) is 12.1 Å². The largest absolute Gasteiger partial charge is 0.307 e. The third-order valence-corrected chi connectivity index (χ3v) is 2.41. The maximum Gasteiger partial charge on any atom is 0.307 e. The fourth-order valence-electron chi connectivity index (χ4n) is 1.03. The van der Waals surface area contributed by atoms with Crippen molar-refractivity contribution in [2.45, 2.75) is 0 Å². The summed E-state index contributed by atoms with van der Waals surface area (Å²) in [5.74, 6) is 0. The average Bonchev–Trinajstić information content (AvgIpc) is 2.04. The highest BCUT2D eigenvalue weighted by Gasteiger charge is 1.97. The molecule has 12 heavy (non-hydrogen) atoms. The SMILES string of the molecule is O=c1[nH]c(=O)c2ccccc2s1. The van der Waals surface area contributed by atoms with Gasteiger partial charge in [0.2, 0.25) is 0 Å². The Morgan fingerprint density at radius 1 is 1.17 bits per heavy atom. The van der Waals surface area contributed by atoms with Gasteiger partial charge >= 0.3 is 4.87 Å². The van der Waals surface area contributed by atoms with E-state index in [0.29, 0.717) is 5.39 Å². The van der Waals surface area contributed by atoms with E-state index in [4.69, 9.17) is 0 Å². The van der Waals surface area contributed by atoms with E-state index in [2.05, 4.69) is 4.98 Å². The maximum absolute atomic E-state index is 11.2. The Morgan fingerprint density at radius 2 is 1.92 bits per heavy atom. The topological polar surface area (TPSA) is 49.9 Å². The van der Waals surface area contributed by atoms with Crippen LogP contribution in [0, 0.1) is 0 Å². The van der Waals surface area contributed by atoms with E-state index in [-0.39, 0.29) is 10.4 Å². The van der Waals surface area contributed by atoms with E-state index in [0.717, 1.165) is 16.0 Å². The van der Waals surface area contributed by atoms with Crippen LogP contribution in [0.4, 0.5) is 0 Å². The second kappa shape index (κ2) is 2.57. The van der Waals surface area contributed by atoms with Gasteiger partial charge in [0.1, 0.15) is 0 Å². The molecule has 0 atom stereocenters. The summed E-state index contributed by atoms with van der Waals surface area (Å²) in [5.41, 5.74) is -0.311. The minimum atomic E-state index is -0.311. The van der Waals surface area contributed by atoms with Gasteiger partial charge in [-0.2, -0.15) is 0 Å². The number of hydrogen-bond donors (Lipinski definition) is 1. The molecule has 0 bridgehead atoms. The van der Waals surface area contributed by atoms with Crippen LogP contribution in [-0.4, -0.2) is 4.98 Å². The van der Waals surface area contributed by atoms with Crippen LogP contribution < -0.4 is 10.4 Å². The predicted molar refractivity (Wildman–Crippen MR) is 48.7 cm³/mol. The van der Waals surface area contributed by atoms with Gasteiger partial charge in [0, 0.05) is 4.70 Å². The smallest absolute Gasteiger partial charge is 0.280 e. The molecule has 0 saturated carbocycles. The van der Waals surface area contributed by atoms with E-state index in [9.17, 15) is 9.59 Å². The quantitative estimate of drug-likeness (QED) is 0.654.